The van der Waals surface area contributed by atoms with E-state index < -0.39 is 18.1 Å². The number of nitrogens with one attached hydrogen (secondary N) is 1. The van der Waals surface area contributed by atoms with Crippen LogP contribution >= 0.6 is 0 Å². The fraction of sp³-hybridized carbons (Fsp3) is 0.250. The summed E-state index contributed by atoms with van der Waals surface area (Å²) in [4.78, 5) is 9.04. The lowest BCUT2D eigenvalue weighted by molar-refractivity contribution is -0.157. The SMILES string of the molecule is FC(F)(F)c1nnc(N2CCc3[nH]cnc3[C@@H]2c2cc3ccccn3n2)o1. The van der Waals surface area contributed by atoms with Crippen molar-refractivity contribution in [1.29, 1.82) is 0 Å². The number of fused-ring (bicyclic) bond motifs is 2. The highest BCUT2D eigenvalue weighted by atomic mass is 19.4. The molecule has 0 saturated heterocycles. The van der Waals surface area contributed by atoms with Crippen molar-refractivity contribution in [2.75, 3.05) is 11.4 Å². The van der Waals surface area contributed by atoms with E-state index in [0.717, 1.165) is 11.2 Å². The van der Waals surface area contributed by atoms with Crippen LogP contribution < -0.4 is 4.90 Å². The van der Waals surface area contributed by atoms with Gasteiger partial charge < -0.3 is 14.3 Å². The first-order valence-electron chi connectivity index (χ1n) is 8.14. The van der Waals surface area contributed by atoms with Crippen molar-refractivity contribution in [2.45, 2.75) is 18.6 Å². The minimum absolute atomic E-state index is 0.210. The molecular weight excluding hydrogens is 363 g/mol. The number of aromatic amines is 1. The highest BCUT2D eigenvalue weighted by molar-refractivity contribution is 5.51. The maximum atomic E-state index is 12.9. The smallest absolute Gasteiger partial charge is 0.399 e. The summed E-state index contributed by atoms with van der Waals surface area (Å²) in [6.45, 7) is 0.382. The summed E-state index contributed by atoms with van der Waals surface area (Å²) in [6.07, 6.45) is -0.780. The summed E-state index contributed by atoms with van der Waals surface area (Å²) in [7, 11) is 0. The molecule has 0 aliphatic carbocycles. The van der Waals surface area contributed by atoms with Gasteiger partial charge in [-0.15, -0.1) is 5.10 Å². The second kappa shape index (κ2) is 5.56. The number of anilines is 1. The molecule has 1 N–H and O–H groups in total. The fourth-order valence-electron chi connectivity index (χ4n) is 3.32. The Bertz CT molecular complexity index is 1080. The normalized spacial score (nSPS) is 17.4. The van der Waals surface area contributed by atoms with Gasteiger partial charge in [-0.05, 0) is 18.2 Å². The van der Waals surface area contributed by atoms with Crippen molar-refractivity contribution in [3.05, 3.63) is 59.8 Å². The number of pyridine rings is 1. The number of H-pyrrole nitrogens is 1. The van der Waals surface area contributed by atoms with Crippen molar-refractivity contribution in [3.8, 4) is 0 Å². The van der Waals surface area contributed by atoms with Crippen molar-refractivity contribution >= 4 is 11.5 Å². The number of imidazole rings is 1. The highest BCUT2D eigenvalue weighted by Gasteiger charge is 2.41. The Morgan fingerprint density at radius 2 is 2.11 bits per heavy atom. The van der Waals surface area contributed by atoms with Crippen molar-refractivity contribution in [2.24, 2.45) is 0 Å². The van der Waals surface area contributed by atoms with Gasteiger partial charge in [-0.25, -0.2) is 9.50 Å². The van der Waals surface area contributed by atoms with E-state index in [2.05, 4.69) is 25.3 Å². The Kier molecular flexibility index (Phi) is 3.27. The number of halogens is 3. The molecule has 0 amide bonds. The van der Waals surface area contributed by atoms with Crippen LogP contribution in [-0.2, 0) is 12.6 Å². The lowest BCUT2D eigenvalue weighted by Gasteiger charge is -2.32. The summed E-state index contributed by atoms with van der Waals surface area (Å²) in [6, 6.07) is 6.73. The molecule has 0 fully saturated rings. The van der Waals surface area contributed by atoms with Gasteiger partial charge in [0.2, 0.25) is 0 Å². The quantitative estimate of drug-likeness (QED) is 0.579. The predicted octanol–water partition coefficient (Wildman–Crippen LogP) is 2.61. The van der Waals surface area contributed by atoms with Gasteiger partial charge in [-0.2, -0.15) is 18.3 Å². The van der Waals surface area contributed by atoms with E-state index in [4.69, 9.17) is 4.42 Å². The molecule has 1 aliphatic rings. The molecule has 27 heavy (non-hydrogen) atoms. The van der Waals surface area contributed by atoms with Crippen molar-refractivity contribution in [3.63, 3.8) is 0 Å². The van der Waals surface area contributed by atoms with Crippen LogP contribution in [0.2, 0.25) is 0 Å². The third kappa shape index (κ3) is 2.54. The van der Waals surface area contributed by atoms with E-state index in [-0.39, 0.29) is 6.01 Å². The average molecular weight is 375 g/mol. The van der Waals surface area contributed by atoms with Crippen LogP contribution in [-0.4, -0.2) is 36.3 Å². The molecule has 0 aromatic carbocycles. The lowest BCUT2D eigenvalue weighted by atomic mass is 10.0. The highest BCUT2D eigenvalue weighted by Crippen LogP contribution is 2.37. The van der Waals surface area contributed by atoms with Gasteiger partial charge in [-0.3, -0.25) is 0 Å². The minimum Gasteiger partial charge on any atom is -0.399 e. The van der Waals surface area contributed by atoms with Crippen LogP contribution in [0.1, 0.15) is 29.0 Å². The zero-order valence-electron chi connectivity index (χ0n) is 13.7. The molecule has 1 aliphatic heterocycles. The molecule has 0 spiro atoms. The molecule has 0 radical (unpaired) electrons. The van der Waals surface area contributed by atoms with Crippen LogP contribution in [0.25, 0.3) is 5.52 Å². The van der Waals surface area contributed by atoms with Crippen LogP contribution in [0.15, 0.2) is 41.2 Å². The molecule has 1 atom stereocenters. The number of hydrogen-bond acceptors (Lipinski definition) is 6. The second-order valence-electron chi connectivity index (χ2n) is 6.14. The number of nitrogens with zero attached hydrogens (tertiary/aromatic N) is 6. The van der Waals surface area contributed by atoms with Gasteiger partial charge in [0.05, 0.1) is 23.2 Å². The third-order valence-corrected chi connectivity index (χ3v) is 4.50. The summed E-state index contributed by atoms with van der Waals surface area (Å²) in [5.41, 5.74) is 3.07. The first-order valence-corrected chi connectivity index (χ1v) is 8.14. The predicted molar refractivity (Wildman–Crippen MR) is 86.0 cm³/mol. The Labute approximate surface area is 149 Å². The van der Waals surface area contributed by atoms with E-state index in [1.807, 2.05) is 24.3 Å². The number of aromatic nitrogens is 6. The van der Waals surface area contributed by atoms with Crippen molar-refractivity contribution in [1.82, 2.24) is 29.8 Å². The Morgan fingerprint density at radius 3 is 2.89 bits per heavy atom. The van der Waals surface area contributed by atoms with Gasteiger partial charge >= 0.3 is 18.1 Å². The maximum absolute atomic E-state index is 12.9. The molecule has 5 heterocycles. The van der Waals surface area contributed by atoms with Crippen LogP contribution in [0, 0.1) is 0 Å². The first kappa shape index (κ1) is 15.9. The molecule has 8 nitrogen and oxygen atoms in total. The summed E-state index contributed by atoms with van der Waals surface area (Å²) in [5.74, 6) is -1.38. The minimum atomic E-state index is -4.70. The van der Waals surface area contributed by atoms with Gasteiger partial charge in [0.15, 0.2) is 0 Å². The molecule has 0 bridgehead atoms. The first-order chi connectivity index (χ1) is 13.0. The molecule has 11 heteroatoms. The van der Waals surface area contributed by atoms with E-state index in [1.165, 1.54) is 0 Å². The summed E-state index contributed by atoms with van der Waals surface area (Å²) < 4.78 is 45.2. The van der Waals surface area contributed by atoms with Crippen LogP contribution in [0.3, 0.4) is 0 Å². The molecule has 4 aromatic heterocycles. The lowest BCUT2D eigenvalue weighted by Crippen LogP contribution is -2.37. The molecular formula is C16H12F3N7O. The van der Waals surface area contributed by atoms with Gasteiger partial charge in [0, 0.05) is 24.9 Å². The molecule has 0 saturated carbocycles. The van der Waals surface area contributed by atoms with E-state index in [0.29, 0.717) is 24.4 Å². The maximum Gasteiger partial charge on any atom is 0.470 e. The molecule has 5 rings (SSSR count). The van der Waals surface area contributed by atoms with Crippen LogP contribution in [0.4, 0.5) is 19.2 Å². The monoisotopic (exact) mass is 375 g/mol. The van der Waals surface area contributed by atoms with Crippen LogP contribution in [0.5, 0.6) is 0 Å². The largest absolute Gasteiger partial charge is 0.470 e. The summed E-state index contributed by atoms with van der Waals surface area (Å²) >= 11 is 0. The Balaban J connectivity index is 1.63. The van der Waals surface area contributed by atoms with Gasteiger partial charge in [0.25, 0.3) is 0 Å². The zero-order chi connectivity index (χ0) is 18.6. The second-order valence-corrected chi connectivity index (χ2v) is 6.14. The number of rotatable bonds is 2. The van der Waals surface area contributed by atoms with Crippen molar-refractivity contribution < 1.29 is 17.6 Å². The Morgan fingerprint density at radius 1 is 1.22 bits per heavy atom. The van der Waals surface area contributed by atoms with E-state index in [1.54, 1.807) is 21.9 Å². The summed E-state index contributed by atoms with van der Waals surface area (Å²) in [5, 5.41) is 11.3. The Hall–Kier alpha value is -3.37. The fourth-order valence-corrected chi connectivity index (χ4v) is 3.32. The molecule has 138 valence electrons. The topological polar surface area (TPSA) is 88.1 Å². The van der Waals surface area contributed by atoms with E-state index in [9.17, 15) is 13.2 Å². The number of alkyl halides is 3. The molecule has 4 aromatic rings. The van der Waals surface area contributed by atoms with Gasteiger partial charge in [0.1, 0.15) is 6.04 Å². The zero-order valence-corrected chi connectivity index (χ0v) is 13.7. The third-order valence-electron chi connectivity index (χ3n) is 4.50. The van der Waals surface area contributed by atoms with Gasteiger partial charge in [-0.1, -0.05) is 11.2 Å². The molecule has 0 unspecified atom stereocenters. The number of hydrogen-bond donors (Lipinski definition) is 1. The average Bonchev–Trinajstić information content (AvgIpc) is 3.37. The van der Waals surface area contributed by atoms with E-state index >= 15 is 0 Å². The standard InChI is InChI=1S/C16H12F3N7O/c17-16(18,19)14-22-23-15(27-14)25-6-4-10-12(21-8-20-10)13(25)11-7-9-3-1-2-5-26(9)24-11/h1-3,5,7-8,13H,4,6H2,(H,20,21)/t13-/m0/s1.